The Labute approximate surface area is 133 Å². The number of benzene rings is 2. The Morgan fingerprint density at radius 2 is 1.81 bits per heavy atom. The first-order chi connectivity index (χ1) is 10.2. The highest BCUT2D eigenvalue weighted by Gasteiger charge is 2.17. The number of halogens is 2. The van der Waals surface area contributed by atoms with Crippen molar-refractivity contribution in [3.8, 4) is 0 Å². The lowest BCUT2D eigenvalue weighted by atomic mass is 10.0. The average molecular weight is 317 g/mol. The minimum atomic E-state index is -0.0965. The van der Waals surface area contributed by atoms with Crippen LogP contribution in [0.1, 0.15) is 17.3 Å². The number of nitrogens with zero attached hydrogens (tertiary/aromatic N) is 1. The molecule has 4 heteroatoms. The second kappa shape index (κ2) is 6.02. The summed E-state index contributed by atoms with van der Waals surface area (Å²) in [6.45, 7) is 0. The third kappa shape index (κ3) is 2.88. The van der Waals surface area contributed by atoms with Gasteiger partial charge in [0.1, 0.15) is 0 Å². The van der Waals surface area contributed by atoms with E-state index in [0.29, 0.717) is 10.0 Å². The molecule has 0 aliphatic heterocycles. The fourth-order valence-electron chi connectivity index (χ4n) is 2.44. The SMILES string of the molecule is CNC(c1ccc2ccccc2n1)c1cc(Cl)ccc1Cl. The van der Waals surface area contributed by atoms with E-state index in [0.717, 1.165) is 22.2 Å². The smallest absolute Gasteiger partial charge is 0.0764 e. The van der Waals surface area contributed by atoms with Crippen molar-refractivity contribution in [2.75, 3.05) is 7.05 Å². The van der Waals surface area contributed by atoms with Gasteiger partial charge in [-0.05, 0) is 42.9 Å². The molecule has 21 heavy (non-hydrogen) atoms. The number of para-hydroxylation sites is 1. The highest BCUT2D eigenvalue weighted by Crippen LogP contribution is 2.30. The van der Waals surface area contributed by atoms with Gasteiger partial charge in [-0.3, -0.25) is 4.98 Å². The van der Waals surface area contributed by atoms with Gasteiger partial charge in [0.25, 0.3) is 0 Å². The molecule has 1 unspecified atom stereocenters. The number of hydrogen-bond donors (Lipinski definition) is 1. The second-order valence-corrected chi connectivity index (χ2v) is 5.66. The first-order valence-electron chi connectivity index (χ1n) is 6.67. The first kappa shape index (κ1) is 14.3. The minimum absolute atomic E-state index is 0.0965. The van der Waals surface area contributed by atoms with Crippen LogP contribution >= 0.6 is 23.2 Å². The van der Waals surface area contributed by atoms with Crippen molar-refractivity contribution >= 4 is 34.1 Å². The maximum absolute atomic E-state index is 6.31. The fourth-order valence-corrected chi connectivity index (χ4v) is 2.85. The first-order valence-corrected chi connectivity index (χ1v) is 7.42. The molecule has 0 bridgehead atoms. The molecule has 1 aromatic heterocycles. The van der Waals surface area contributed by atoms with Gasteiger partial charge in [-0.1, -0.05) is 47.5 Å². The van der Waals surface area contributed by atoms with Crippen molar-refractivity contribution in [3.05, 3.63) is 75.9 Å². The summed E-state index contributed by atoms with van der Waals surface area (Å²) >= 11 is 12.4. The molecule has 106 valence electrons. The van der Waals surface area contributed by atoms with Crippen molar-refractivity contribution in [2.45, 2.75) is 6.04 Å². The highest BCUT2D eigenvalue weighted by atomic mass is 35.5. The molecule has 3 rings (SSSR count). The number of nitrogens with one attached hydrogen (secondary N) is 1. The molecular formula is C17H14Cl2N2. The maximum atomic E-state index is 6.31. The van der Waals surface area contributed by atoms with Gasteiger partial charge in [0.2, 0.25) is 0 Å². The Kier molecular flexibility index (Phi) is 4.11. The molecule has 0 saturated heterocycles. The van der Waals surface area contributed by atoms with Crippen LogP contribution in [0.3, 0.4) is 0 Å². The Balaban J connectivity index is 2.11. The molecule has 0 radical (unpaired) electrons. The molecular weight excluding hydrogens is 303 g/mol. The summed E-state index contributed by atoms with van der Waals surface area (Å²) in [6.07, 6.45) is 0. The molecule has 2 nitrogen and oxygen atoms in total. The largest absolute Gasteiger partial charge is 0.308 e. The topological polar surface area (TPSA) is 24.9 Å². The Morgan fingerprint density at radius 1 is 1.00 bits per heavy atom. The molecule has 0 aliphatic rings. The monoisotopic (exact) mass is 316 g/mol. The third-order valence-electron chi connectivity index (χ3n) is 3.47. The molecule has 1 atom stereocenters. The van der Waals surface area contributed by atoms with Crippen LogP contribution in [0.2, 0.25) is 10.0 Å². The number of hydrogen-bond acceptors (Lipinski definition) is 2. The predicted octanol–water partition coefficient (Wildman–Crippen LogP) is 4.85. The Bertz CT molecular complexity index is 787. The average Bonchev–Trinajstić information content (AvgIpc) is 2.51. The highest BCUT2D eigenvalue weighted by molar-refractivity contribution is 6.33. The number of aromatic nitrogens is 1. The summed E-state index contributed by atoms with van der Waals surface area (Å²) < 4.78 is 0. The van der Waals surface area contributed by atoms with Crippen LogP contribution < -0.4 is 5.32 Å². The lowest BCUT2D eigenvalue weighted by Gasteiger charge is -2.18. The quantitative estimate of drug-likeness (QED) is 0.747. The predicted molar refractivity (Wildman–Crippen MR) is 89.1 cm³/mol. The summed E-state index contributed by atoms with van der Waals surface area (Å²) in [5, 5.41) is 5.72. The van der Waals surface area contributed by atoms with Gasteiger partial charge in [0, 0.05) is 15.4 Å². The van der Waals surface area contributed by atoms with Crippen molar-refractivity contribution < 1.29 is 0 Å². The number of rotatable bonds is 3. The fraction of sp³-hybridized carbons (Fsp3) is 0.118. The summed E-state index contributed by atoms with van der Waals surface area (Å²) in [6, 6.07) is 17.5. The van der Waals surface area contributed by atoms with Gasteiger partial charge in [-0.2, -0.15) is 0 Å². The van der Waals surface area contributed by atoms with E-state index in [1.165, 1.54) is 0 Å². The lowest BCUT2D eigenvalue weighted by molar-refractivity contribution is 0.674. The van der Waals surface area contributed by atoms with Gasteiger partial charge < -0.3 is 5.32 Å². The van der Waals surface area contributed by atoms with Crippen molar-refractivity contribution in [1.29, 1.82) is 0 Å². The summed E-state index contributed by atoms with van der Waals surface area (Å²) in [7, 11) is 1.89. The molecule has 0 spiro atoms. The molecule has 1 heterocycles. The van der Waals surface area contributed by atoms with Crippen molar-refractivity contribution in [1.82, 2.24) is 10.3 Å². The zero-order valence-electron chi connectivity index (χ0n) is 11.5. The normalized spacial score (nSPS) is 12.5. The molecule has 2 aromatic carbocycles. The minimum Gasteiger partial charge on any atom is -0.308 e. The van der Waals surface area contributed by atoms with Crippen LogP contribution in [0.5, 0.6) is 0 Å². The van der Waals surface area contributed by atoms with E-state index in [2.05, 4.69) is 11.4 Å². The standard InChI is InChI=1S/C17H14Cl2N2/c1-20-17(13-10-12(18)7-8-14(13)19)16-9-6-11-4-2-3-5-15(11)21-16/h2-10,17,20H,1H3. The van der Waals surface area contributed by atoms with E-state index in [9.17, 15) is 0 Å². The van der Waals surface area contributed by atoms with Gasteiger partial charge in [0.15, 0.2) is 0 Å². The van der Waals surface area contributed by atoms with Gasteiger partial charge in [-0.25, -0.2) is 0 Å². The van der Waals surface area contributed by atoms with Gasteiger partial charge in [-0.15, -0.1) is 0 Å². The Morgan fingerprint density at radius 3 is 2.62 bits per heavy atom. The van der Waals surface area contributed by atoms with Crippen LogP contribution in [0.25, 0.3) is 10.9 Å². The number of pyridine rings is 1. The molecule has 0 saturated carbocycles. The van der Waals surface area contributed by atoms with Crippen LogP contribution in [0.4, 0.5) is 0 Å². The van der Waals surface area contributed by atoms with Crippen LogP contribution in [0.15, 0.2) is 54.6 Å². The zero-order valence-corrected chi connectivity index (χ0v) is 13.0. The Hall–Kier alpha value is -1.61. The van der Waals surface area contributed by atoms with E-state index in [4.69, 9.17) is 28.2 Å². The van der Waals surface area contributed by atoms with E-state index in [1.807, 2.05) is 49.5 Å². The molecule has 0 amide bonds. The summed E-state index contributed by atoms with van der Waals surface area (Å²) in [5.74, 6) is 0. The molecule has 1 N–H and O–H groups in total. The van der Waals surface area contributed by atoms with Crippen molar-refractivity contribution in [2.24, 2.45) is 0 Å². The van der Waals surface area contributed by atoms with Gasteiger partial charge >= 0.3 is 0 Å². The van der Waals surface area contributed by atoms with Crippen LogP contribution in [-0.4, -0.2) is 12.0 Å². The van der Waals surface area contributed by atoms with Crippen molar-refractivity contribution in [3.63, 3.8) is 0 Å². The van der Waals surface area contributed by atoms with E-state index >= 15 is 0 Å². The molecule has 0 fully saturated rings. The summed E-state index contributed by atoms with van der Waals surface area (Å²) in [5.41, 5.74) is 2.81. The van der Waals surface area contributed by atoms with Crippen LogP contribution in [-0.2, 0) is 0 Å². The van der Waals surface area contributed by atoms with E-state index < -0.39 is 0 Å². The lowest BCUT2D eigenvalue weighted by Crippen LogP contribution is -2.19. The summed E-state index contributed by atoms with van der Waals surface area (Å²) in [4.78, 5) is 4.73. The van der Waals surface area contributed by atoms with E-state index in [1.54, 1.807) is 6.07 Å². The second-order valence-electron chi connectivity index (χ2n) is 4.82. The van der Waals surface area contributed by atoms with E-state index in [-0.39, 0.29) is 6.04 Å². The third-order valence-corrected chi connectivity index (χ3v) is 4.05. The molecule has 0 aliphatic carbocycles. The van der Waals surface area contributed by atoms with Gasteiger partial charge in [0.05, 0.1) is 17.3 Å². The van der Waals surface area contributed by atoms with Crippen LogP contribution in [0, 0.1) is 0 Å². The molecule has 3 aromatic rings. The maximum Gasteiger partial charge on any atom is 0.0764 e. The number of fused-ring (bicyclic) bond motifs is 1. The zero-order chi connectivity index (χ0) is 14.8.